The van der Waals surface area contributed by atoms with E-state index in [0.29, 0.717) is 32.2 Å². The number of rotatable bonds is 22. The Morgan fingerprint density at radius 3 is 1.69 bits per heavy atom. The molecule has 0 aliphatic heterocycles. The zero-order chi connectivity index (χ0) is 37.3. The highest BCUT2D eigenvalue weighted by Crippen LogP contribution is 2.27. The van der Waals surface area contributed by atoms with Gasteiger partial charge in [0.05, 0.1) is 6.10 Å². The van der Waals surface area contributed by atoms with Gasteiger partial charge in [-0.15, -0.1) is 0 Å². The normalized spacial score (nSPS) is 17.9. The maximum atomic E-state index is 13.8. The molecule has 49 heavy (non-hydrogen) atoms. The predicted octanol–water partition coefficient (Wildman–Crippen LogP) is -0.327. The number of carbonyl (C=O) groups is 6. The van der Waals surface area contributed by atoms with Gasteiger partial charge < -0.3 is 48.9 Å². The first-order chi connectivity index (χ1) is 23.0. The summed E-state index contributed by atoms with van der Waals surface area (Å²) in [4.78, 5) is 78.9. The number of hydrogen-bond acceptors (Lipinski definition) is 9. The first-order valence-corrected chi connectivity index (χ1v) is 17.9. The van der Waals surface area contributed by atoms with Gasteiger partial charge >= 0.3 is 0 Å². The third kappa shape index (κ3) is 15.9. The number of nitrogens with two attached hydrogens (primary N) is 3. The summed E-state index contributed by atoms with van der Waals surface area (Å²) >= 11 is 0. The number of nitrogens with one attached hydrogen (secondary N) is 5. The Balaban J connectivity index is 3.22. The Hall–Kier alpha value is -3.30. The minimum atomic E-state index is -1.36. The standard InChI is InChI=1S/C34H64N8O7/c1-19(2)17-25(39-30(45)21(5)11-10-15-35)32(47)38-24(14-16-36)31(46)40-26(18-23-12-8-7-9-13-23)33(48)41-27(20(3)4)34(49)42-28(22(6)43)29(37)44/h19-28,43H,7-18,35-36H2,1-6H3,(H2,37,44)(H,38,47)(H,39,45)(H,40,46)(H,41,48)(H,42,49)/t21-,22+,24-,25+,26-,27-,28-/m0/s1. The van der Waals surface area contributed by atoms with Crippen LogP contribution in [0.15, 0.2) is 0 Å². The van der Waals surface area contributed by atoms with Crippen LogP contribution in [0.4, 0.5) is 0 Å². The van der Waals surface area contributed by atoms with Gasteiger partial charge in [-0.1, -0.05) is 66.7 Å². The molecule has 1 rings (SSSR count). The number of primary amides is 1. The van der Waals surface area contributed by atoms with E-state index in [4.69, 9.17) is 17.2 Å². The summed E-state index contributed by atoms with van der Waals surface area (Å²) in [5, 5.41) is 23.4. The topological polar surface area (TPSA) is 261 Å². The second-order valence-electron chi connectivity index (χ2n) is 14.3. The second-order valence-corrected chi connectivity index (χ2v) is 14.3. The molecule has 0 aromatic rings. The van der Waals surface area contributed by atoms with Crippen molar-refractivity contribution in [3.8, 4) is 0 Å². The molecule has 0 heterocycles. The fourth-order valence-electron chi connectivity index (χ4n) is 6.00. The van der Waals surface area contributed by atoms with E-state index in [2.05, 4.69) is 26.6 Å². The summed E-state index contributed by atoms with van der Waals surface area (Å²) in [7, 11) is 0. The Labute approximate surface area is 291 Å². The quantitative estimate of drug-likeness (QED) is 0.0717. The van der Waals surface area contributed by atoms with Crippen molar-refractivity contribution in [1.82, 2.24) is 26.6 Å². The summed E-state index contributed by atoms with van der Waals surface area (Å²) in [6.45, 7) is 10.9. The summed E-state index contributed by atoms with van der Waals surface area (Å²) in [6.07, 6.45) is 5.57. The molecule has 0 saturated heterocycles. The Morgan fingerprint density at radius 2 is 1.18 bits per heavy atom. The van der Waals surface area contributed by atoms with Crippen LogP contribution in [0, 0.1) is 23.7 Å². The van der Waals surface area contributed by atoms with Crippen LogP contribution in [0.25, 0.3) is 0 Å². The highest BCUT2D eigenvalue weighted by atomic mass is 16.3. The molecule has 0 unspecified atom stereocenters. The second kappa shape index (κ2) is 22.4. The van der Waals surface area contributed by atoms with E-state index in [-0.39, 0.29) is 36.6 Å². The summed E-state index contributed by atoms with van der Waals surface area (Å²) in [6, 6.07) is -5.49. The van der Waals surface area contributed by atoms with Crippen molar-refractivity contribution < 1.29 is 33.9 Å². The molecule has 1 aliphatic rings. The zero-order valence-electron chi connectivity index (χ0n) is 30.4. The van der Waals surface area contributed by atoms with Gasteiger partial charge in [0.2, 0.25) is 35.4 Å². The third-order valence-electron chi connectivity index (χ3n) is 8.98. The molecule has 1 aliphatic carbocycles. The van der Waals surface area contributed by atoms with Crippen molar-refractivity contribution in [2.24, 2.45) is 40.9 Å². The number of aliphatic hydroxyl groups is 1. The van der Waals surface area contributed by atoms with Crippen LogP contribution in [-0.4, -0.2) is 90.0 Å². The van der Waals surface area contributed by atoms with E-state index in [9.17, 15) is 33.9 Å². The number of aliphatic hydroxyl groups excluding tert-OH is 1. The molecule has 7 atom stereocenters. The lowest BCUT2D eigenvalue weighted by molar-refractivity contribution is -0.136. The molecular formula is C34H64N8O7. The monoisotopic (exact) mass is 696 g/mol. The van der Waals surface area contributed by atoms with E-state index in [0.717, 1.165) is 32.1 Å². The van der Waals surface area contributed by atoms with Crippen LogP contribution in [0.2, 0.25) is 0 Å². The largest absolute Gasteiger partial charge is 0.391 e. The Kier molecular flexibility index (Phi) is 20.0. The van der Waals surface area contributed by atoms with Crippen molar-refractivity contribution in [2.45, 2.75) is 142 Å². The molecular weight excluding hydrogens is 632 g/mol. The first kappa shape index (κ1) is 43.7. The maximum absolute atomic E-state index is 13.8. The molecule has 15 nitrogen and oxygen atoms in total. The summed E-state index contributed by atoms with van der Waals surface area (Å²) < 4.78 is 0. The molecule has 0 radical (unpaired) electrons. The molecule has 6 amide bonds. The van der Waals surface area contributed by atoms with E-state index in [1.807, 2.05) is 13.8 Å². The summed E-state index contributed by atoms with van der Waals surface area (Å²) in [5.41, 5.74) is 16.8. The average molecular weight is 697 g/mol. The molecule has 0 aromatic carbocycles. The fraction of sp³-hybridized carbons (Fsp3) is 0.824. The van der Waals surface area contributed by atoms with Gasteiger partial charge in [0.1, 0.15) is 30.2 Å². The lowest BCUT2D eigenvalue weighted by atomic mass is 9.84. The van der Waals surface area contributed by atoms with E-state index in [1.54, 1.807) is 20.8 Å². The van der Waals surface area contributed by atoms with Crippen LogP contribution in [0.1, 0.15) is 106 Å². The van der Waals surface area contributed by atoms with E-state index >= 15 is 0 Å². The number of amides is 6. The molecule has 12 N–H and O–H groups in total. The highest BCUT2D eigenvalue weighted by molar-refractivity contribution is 5.96. The SMILES string of the molecule is CC(C)C[C@@H](NC(=O)[C@@H](C)CCCN)C(=O)N[C@@H](CCN)C(=O)N[C@@H](CC1CCCCC1)C(=O)N[C@H](C(=O)N[C@H](C(N)=O)[C@@H](C)O)C(C)C. The zero-order valence-corrected chi connectivity index (χ0v) is 30.4. The lowest BCUT2D eigenvalue weighted by Crippen LogP contribution is -2.61. The highest BCUT2D eigenvalue weighted by Gasteiger charge is 2.35. The van der Waals surface area contributed by atoms with Gasteiger partial charge in [-0.3, -0.25) is 28.8 Å². The minimum absolute atomic E-state index is 0.0608. The Morgan fingerprint density at radius 1 is 0.653 bits per heavy atom. The Bertz CT molecular complexity index is 1080. The van der Waals surface area contributed by atoms with Crippen LogP contribution in [-0.2, 0) is 28.8 Å². The molecule has 0 spiro atoms. The van der Waals surface area contributed by atoms with Crippen LogP contribution in [0.3, 0.4) is 0 Å². The lowest BCUT2D eigenvalue weighted by Gasteiger charge is -2.31. The van der Waals surface area contributed by atoms with Crippen molar-refractivity contribution in [2.75, 3.05) is 13.1 Å². The average Bonchev–Trinajstić information content (AvgIpc) is 3.03. The van der Waals surface area contributed by atoms with Crippen LogP contribution >= 0.6 is 0 Å². The van der Waals surface area contributed by atoms with Crippen molar-refractivity contribution in [1.29, 1.82) is 0 Å². The molecule has 0 aromatic heterocycles. The van der Waals surface area contributed by atoms with Gasteiger partial charge in [0.15, 0.2) is 0 Å². The molecule has 15 heteroatoms. The third-order valence-corrected chi connectivity index (χ3v) is 8.98. The molecule has 1 fully saturated rings. The van der Waals surface area contributed by atoms with Crippen molar-refractivity contribution in [3.05, 3.63) is 0 Å². The minimum Gasteiger partial charge on any atom is -0.391 e. The van der Waals surface area contributed by atoms with E-state index < -0.39 is 71.8 Å². The smallest absolute Gasteiger partial charge is 0.243 e. The predicted molar refractivity (Wildman–Crippen MR) is 187 cm³/mol. The van der Waals surface area contributed by atoms with Crippen molar-refractivity contribution >= 4 is 35.4 Å². The van der Waals surface area contributed by atoms with E-state index in [1.165, 1.54) is 6.92 Å². The summed E-state index contributed by atoms with van der Waals surface area (Å²) in [5.74, 6) is -4.23. The molecule has 1 saturated carbocycles. The van der Waals surface area contributed by atoms with Gasteiger partial charge in [-0.2, -0.15) is 0 Å². The fourth-order valence-corrected chi connectivity index (χ4v) is 6.00. The van der Waals surface area contributed by atoms with Gasteiger partial charge in [0, 0.05) is 5.92 Å². The van der Waals surface area contributed by atoms with Gasteiger partial charge in [0.25, 0.3) is 0 Å². The van der Waals surface area contributed by atoms with Crippen LogP contribution < -0.4 is 43.8 Å². The molecule has 0 bridgehead atoms. The maximum Gasteiger partial charge on any atom is 0.243 e. The van der Waals surface area contributed by atoms with Crippen LogP contribution in [0.5, 0.6) is 0 Å². The number of carbonyl (C=O) groups excluding carboxylic acids is 6. The van der Waals surface area contributed by atoms with Gasteiger partial charge in [-0.05, 0) is 69.9 Å². The van der Waals surface area contributed by atoms with Crippen molar-refractivity contribution in [3.63, 3.8) is 0 Å². The first-order valence-electron chi connectivity index (χ1n) is 17.9. The van der Waals surface area contributed by atoms with Gasteiger partial charge in [-0.25, -0.2) is 0 Å². The number of hydrogen-bond donors (Lipinski definition) is 9. The molecule has 282 valence electrons.